The molecule has 3 nitrogen and oxygen atoms in total. The van der Waals surface area contributed by atoms with Gasteiger partial charge in [0.25, 0.3) is 0 Å². The van der Waals surface area contributed by atoms with Crippen molar-refractivity contribution in [3.63, 3.8) is 0 Å². The van der Waals surface area contributed by atoms with Crippen molar-refractivity contribution in [1.29, 1.82) is 0 Å². The molecule has 0 bridgehead atoms. The Morgan fingerprint density at radius 3 is 2.09 bits per heavy atom. The van der Waals surface area contributed by atoms with Gasteiger partial charge in [-0.25, -0.2) is 0 Å². The van der Waals surface area contributed by atoms with E-state index in [2.05, 4.69) is 53.8 Å². The van der Waals surface area contributed by atoms with Gasteiger partial charge in [-0.1, -0.05) is 86.0 Å². The number of phenolic OH excluding ortho intramolecular Hbond substituents is 1. The van der Waals surface area contributed by atoms with Gasteiger partial charge in [0.2, 0.25) is 0 Å². The molecule has 0 fully saturated rings. The van der Waals surface area contributed by atoms with E-state index in [0.29, 0.717) is 5.75 Å². The largest absolute Gasteiger partial charge is 0.505 e. The van der Waals surface area contributed by atoms with Crippen LogP contribution in [-0.2, 0) is 6.42 Å². The lowest BCUT2D eigenvalue weighted by Gasteiger charge is -2.38. The molecule has 0 aliphatic carbocycles. The number of rotatable bonds is 16. The molecule has 2 N–H and O–H groups in total. The third-order valence-electron chi connectivity index (χ3n) is 8.43. The van der Waals surface area contributed by atoms with Crippen LogP contribution in [0.1, 0.15) is 135 Å². The van der Waals surface area contributed by atoms with Gasteiger partial charge in [-0.3, -0.25) is 0 Å². The standard InChI is InChI=1S/C32H57NO2/c1-9-10-22-33-29-28-19-21-32(8,35-31(28)27(7)26(6)30(29)34)20-13-18-25(5)17-12-16-24(4)15-11-14-23(2)3/h23-25,33-34H,9-22H2,1-8H3/t24-,25-,32-/m1/s1. The maximum absolute atomic E-state index is 10.8. The normalized spacial score (nSPS) is 19.3. The van der Waals surface area contributed by atoms with Crippen molar-refractivity contribution >= 4 is 5.69 Å². The second-order valence-corrected chi connectivity index (χ2v) is 12.5. The Kier molecular flexibility index (Phi) is 12.3. The zero-order valence-corrected chi connectivity index (χ0v) is 24.5. The van der Waals surface area contributed by atoms with Crippen LogP contribution in [-0.4, -0.2) is 17.3 Å². The maximum atomic E-state index is 10.8. The van der Waals surface area contributed by atoms with Gasteiger partial charge in [-0.2, -0.15) is 0 Å². The van der Waals surface area contributed by atoms with E-state index >= 15 is 0 Å². The summed E-state index contributed by atoms with van der Waals surface area (Å²) in [7, 11) is 0. The number of nitrogens with one attached hydrogen (secondary N) is 1. The SMILES string of the molecule is CCCCNc1c(O)c(C)c(C)c2c1CC[C@@](C)(CCC[C@H](C)CCC[C@H](C)CCCC(C)C)O2. The number of hydrogen-bond acceptors (Lipinski definition) is 3. The number of fused-ring (bicyclic) bond motifs is 1. The third-order valence-corrected chi connectivity index (χ3v) is 8.43. The first-order chi connectivity index (χ1) is 16.6. The zero-order chi connectivity index (χ0) is 26.0. The minimum Gasteiger partial charge on any atom is -0.505 e. The highest BCUT2D eigenvalue weighted by atomic mass is 16.5. The highest BCUT2D eigenvalue weighted by molar-refractivity contribution is 5.72. The van der Waals surface area contributed by atoms with Crippen LogP contribution in [0.4, 0.5) is 5.69 Å². The second-order valence-electron chi connectivity index (χ2n) is 12.5. The molecule has 202 valence electrons. The Morgan fingerprint density at radius 1 is 0.886 bits per heavy atom. The van der Waals surface area contributed by atoms with Crippen LogP contribution in [0.25, 0.3) is 0 Å². The summed E-state index contributed by atoms with van der Waals surface area (Å²) in [6.45, 7) is 19.0. The Labute approximate surface area is 217 Å². The van der Waals surface area contributed by atoms with Crippen molar-refractivity contribution in [2.24, 2.45) is 17.8 Å². The number of benzene rings is 1. The fraction of sp³-hybridized carbons (Fsp3) is 0.812. The first-order valence-corrected chi connectivity index (χ1v) is 14.9. The van der Waals surface area contributed by atoms with E-state index in [9.17, 15) is 5.11 Å². The molecule has 0 aromatic heterocycles. The molecule has 3 heteroatoms. The lowest BCUT2D eigenvalue weighted by Crippen LogP contribution is -2.37. The molecule has 2 rings (SSSR count). The Morgan fingerprint density at radius 2 is 1.49 bits per heavy atom. The summed E-state index contributed by atoms with van der Waals surface area (Å²) < 4.78 is 6.73. The summed E-state index contributed by atoms with van der Waals surface area (Å²) in [5.74, 6) is 3.95. The molecule has 35 heavy (non-hydrogen) atoms. The molecule has 1 aromatic rings. The quantitative estimate of drug-likeness (QED) is 0.180. The van der Waals surface area contributed by atoms with Crippen LogP contribution in [0.15, 0.2) is 0 Å². The molecule has 0 amide bonds. The smallest absolute Gasteiger partial charge is 0.142 e. The summed E-state index contributed by atoms with van der Waals surface area (Å²) in [5, 5.41) is 14.3. The van der Waals surface area contributed by atoms with E-state index in [1.807, 2.05) is 6.92 Å². The third kappa shape index (κ3) is 9.21. The van der Waals surface area contributed by atoms with E-state index in [1.54, 1.807) is 0 Å². The molecule has 1 aliphatic heterocycles. The average Bonchev–Trinajstić information content (AvgIpc) is 2.80. The molecular formula is C32H57NO2. The minimum atomic E-state index is -0.105. The predicted octanol–water partition coefficient (Wildman–Crippen LogP) is 9.74. The van der Waals surface area contributed by atoms with Gasteiger partial charge in [-0.15, -0.1) is 0 Å². The molecule has 1 aromatic carbocycles. The van der Waals surface area contributed by atoms with Gasteiger partial charge in [-0.05, 0) is 81.8 Å². The van der Waals surface area contributed by atoms with Crippen molar-refractivity contribution in [2.75, 3.05) is 11.9 Å². The summed E-state index contributed by atoms with van der Waals surface area (Å²) >= 11 is 0. The summed E-state index contributed by atoms with van der Waals surface area (Å²) in [6, 6.07) is 0. The van der Waals surface area contributed by atoms with Crippen LogP contribution in [0.5, 0.6) is 11.5 Å². The van der Waals surface area contributed by atoms with Gasteiger partial charge in [0.05, 0.1) is 5.69 Å². The molecule has 0 unspecified atom stereocenters. The van der Waals surface area contributed by atoms with Crippen LogP contribution in [0.3, 0.4) is 0 Å². The van der Waals surface area contributed by atoms with Gasteiger partial charge in [0.15, 0.2) is 0 Å². The molecule has 1 heterocycles. The number of aromatic hydroxyl groups is 1. The first-order valence-electron chi connectivity index (χ1n) is 14.9. The predicted molar refractivity (Wildman–Crippen MR) is 153 cm³/mol. The number of anilines is 1. The maximum Gasteiger partial charge on any atom is 0.142 e. The second kappa shape index (κ2) is 14.4. The van der Waals surface area contributed by atoms with Crippen molar-refractivity contribution in [3.05, 3.63) is 16.7 Å². The van der Waals surface area contributed by atoms with Crippen LogP contribution in [0, 0.1) is 31.6 Å². The van der Waals surface area contributed by atoms with Crippen LogP contribution in [0.2, 0.25) is 0 Å². The first kappa shape index (κ1) is 29.8. The topological polar surface area (TPSA) is 41.5 Å². The molecule has 0 radical (unpaired) electrons. The van der Waals surface area contributed by atoms with Crippen LogP contribution < -0.4 is 10.1 Å². The van der Waals surface area contributed by atoms with E-state index in [0.717, 1.165) is 79.0 Å². The number of unbranched alkanes of at least 4 members (excludes halogenated alkanes) is 1. The number of phenols is 1. The van der Waals surface area contributed by atoms with Gasteiger partial charge in [0, 0.05) is 12.1 Å². The highest BCUT2D eigenvalue weighted by Gasteiger charge is 2.35. The van der Waals surface area contributed by atoms with Gasteiger partial charge in [0.1, 0.15) is 17.1 Å². The number of ether oxygens (including phenoxy) is 1. The monoisotopic (exact) mass is 487 g/mol. The van der Waals surface area contributed by atoms with E-state index in [1.165, 1.54) is 56.9 Å². The van der Waals surface area contributed by atoms with E-state index < -0.39 is 0 Å². The molecule has 0 saturated heterocycles. The van der Waals surface area contributed by atoms with Crippen molar-refractivity contribution in [1.82, 2.24) is 0 Å². The fourth-order valence-electron chi connectivity index (χ4n) is 5.64. The Hall–Kier alpha value is -1.38. The highest BCUT2D eigenvalue weighted by Crippen LogP contribution is 2.47. The molecule has 3 atom stereocenters. The Bertz CT molecular complexity index is 772. The van der Waals surface area contributed by atoms with Crippen LogP contribution >= 0.6 is 0 Å². The molecule has 1 aliphatic rings. The fourth-order valence-corrected chi connectivity index (χ4v) is 5.64. The summed E-state index contributed by atoms with van der Waals surface area (Å²) in [5.41, 5.74) is 4.02. The number of hydrogen-bond donors (Lipinski definition) is 2. The molecule has 0 saturated carbocycles. The lowest BCUT2D eigenvalue weighted by molar-refractivity contribution is 0.0516. The molecule has 0 spiro atoms. The molecular weight excluding hydrogens is 430 g/mol. The van der Waals surface area contributed by atoms with E-state index in [-0.39, 0.29) is 5.60 Å². The summed E-state index contributed by atoms with van der Waals surface area (Å²) in [4.78, 5) is 0. The van der Waals surface area contributed by atoms with Crippen molar-refractivity contribution in [2.45, 2.75) is 144 Å². The Balaban J connectivity index is 1.83. The van der Waals surface area contributed by atoms with E-state index in [4.69, 9.17) is 4.74 Å². The van der Waals surface area contributed by atoms with Gasteiger partial charge >= 0.3 is 0 Å². The van der Waals surface area contributed by atoms with Crippen molar-refractivity contribution in [3.8, 4) is 11.5 Å². The minimum absolute atomic E-state index is 0.105. The van der Waals surface area contributed by atoms with Crippen molar-refractivity contribution < 1.29 is 9.84 Å². The average molecular weight is 488 g/mol. The van der Waals surface area contributed by atoms with Gasteiger partial charge < -0.3 is 15.2 Å². The summed E-state index contributed by atoms with van der Waals surface area (Å²) in [6.07, 6.45) is 16.2. The lowest BCUT2D eigenvalue weighted by atomic mass is 9.84. The zero-order valence-electron chi connectivity index (χ0n) is 24.5.